The lowest BCUT2D eigenvalue weighted by molar-refractivity contribution is -1.81. The van der Waals surface area contributed by atoms with E-state index in [1.54, 1.807) is 0 Å². The number of carbonyl (C=O) groups is 1. The van der Waals surface area contributed by atoms with E-state index in [1.807, 2.05) is 0 Å². The van der Waals surface area contributed by atoms with Crippen LogP contribution < -0.4 is 35.1 Å². The number of nitrogens with two attached hydrogens (primary N) is 6. The third kappa shape index (κ3) is 5.84. The van der Waals surface area contributed by atoms with E-state index in [0.717, 1.165) is 7.11 Å². The Labute approximate surface area is 197 Å². The monoisotopic (exact) mass is 542 g/mol. The summed E-state index contributed by atoms with van der Waals surface area (Å²) in [6, 6.07) is 0. The highest BCUT2D eigenvalue weighted by Gasteiger charge is 2.81. The van der Waals surface area contributed by atoms with E-state index in [-0.39, 0.29) is 30.5 Å². The van der Waals surface area contributed by atoms with E-state index in [2.05, 4.69) is 6.58 Å². The maximum atomic E-state index is 11.6. The molecule has 0 aromatic rings. The molecule has 4 unspecified atom stereocenters. The highest BCUT2D eigenvalue weighted by Crippen LogP contribution is 2.36. The van der Waals surface area contributed by atoms with Gasteiger partial charge < -0.3 is 4.74 Å². The molecule has 206 valence electrons. The summed E-state index contributed by atoms with van der Waals surface area (Å²) in [5.74, 6) is 34.3. The lowest BCUT2D eigenvalue weighted by Crippen LogP contribution is -2.87. The van der Waals surface area contributed by atoms with Gasteiger partial charge in [-0.15, -0.1) is 4.84 Å². The largest absolute Gasteiger partial charge is 0.462 e. The Morgan fingerprint density at radius 3 is 1.61 bits per heavy atom. The summed E-state index contributed by atoms with van der Waals surface area (Å²) < 4.78 is 4.96. The van der Waals surface area contributed by atoms with Crippen LogP contribution in [0.15, 0.2) is 12.2 Å². The number of hydrogen-bond acceptors (Lipinski definition) is 22. The van der Waals surface area contributed by atoms with E-state index >= 15 is 0 Å². The molecule has 4 fully saturated rings. The number of nitrogens with zero attached hydrogens (tertiary/aromatic N) is 8. The smallest absolute Gasteiger partial charge is 0.333 e. The van der Waals surface area contributed by atoms with E-state index in [0.29, 0.717) is 5.23 Å². The first kappa shape index (κ1) is 27.2. The summed E-state index contributed by atoms with van der Waals surface area (Å²) in [4.78, 5) is 72.3. The van der Waals surface area contributed by atoms with Gasteiger partial charge >= 0.3 is 31.4 Å². The van der Waals surface area contributed by atoms with Crippen molar-refractivity contribution in [3.8, 4) is 0 Å². The van der Waals surface area contributed by atoms with Gasteiger partial charge in [-0.25, -0.2) is 4.79 Å². The molecule has 12 N–H and O–H groups in total. The van der Waals surface area contributed by atoms with Gasteiger partial charge in [0.15, 0.2) is 29.6 Å². The molecule has 0 radical (unpaired) electrons. The molecule has 28 nitrogen and oxygen atoms in total. The summed E-state index contributed by atoms with van der Waals surface area (Å²) in [7, 11) is 0.938. The van der Waals surface area contributed by atoms with Crippen LogP contribution in [0.1, 0.15) is 13.3 Å². The summed E-state index contributed by atoms with van der Waals surface area (Å²) >= 11 is 0. The molecule has 4 aliphatic heterocycles. The Morgan fingerprint density at radius 2 is 1.19 bits per heavy atom. The first-order valence-corrected chi connectivity index (χ1v) is 9.27. The number of hydrogen-bond donors (Lipinski definition) is 6. The van der Waals surface area contributed by atoms with Crippen LogP contribution in [0.2, 0.25) is 0 Å². The van der Waals surface area contributed by atoms with Crippen molar-refractivity contribution in [2.45, 2.75) is 13.3 Å². The number of fused-ring (bicyclic) bond motifs is 4. The molecule has 4 saturated heterocycles. The highest BCUT2D eigenvalue weighted by molar-refractivity contribution is 5.86. The van der Waals surface area contributed by atoms with E-state index < -0.39 is 36.5 Å². The predicted octanol–water partition coefficient (Wildman–Crippen LogP) is -5.83. The van der Waals surface area contributed by atoms with E-state index in [4.69, 9.17) is 99.0 Å². The van der Waals surface area contributed by atoms with Gasteiger partial charge in [-0.2, -0.15) is 0 Å². The van der Waals surface area contributed by atoms with Crippen molar-refractivity contribution >= 4 is 5.97 Å². The quantitative estimate of drug-likeness (QED) is 0.0598. The van der Waals surface area contributed by atoms with Gasteiger partial charge in [0.1, 0.15) is 7.11 Å². The van der Waals surface area contributed by atoms with E-state index in [9.17, 15) is 4.79 Å². The van der Waals surface area contributed by atoms with Crippen molar-refractivity contribution in [1.82, 2.24) is 10.6 Å². The minimum atomic E-state index is -2.21. The molecule has 6 bridgehead atoms. The first-order chi connectivity index (χ1) is 16.5. The number of ether oxygens (including phenoxy) is 1. The maximum absolute atomic E-state index is 11.6. The molecular weight excluding hydrogens is 516 g/mol. The number of carbonyl (C=O) groups excluding carboxylic acids is 1. The highest BCUT2D eigenvalue weighted by atomic mass is 17.7. The van der Waals surface area contributed by atoms with Gasteiger partial charge in [0.25, 0.3) is 10.5 Å². The van der Waals surface area contributed by atoms with Crippen LogP contribution in [-0.4, -0.2) is 67.3 Å². The SMILES string of the molecule is C=C(C)C(=O)OCCCN1O[N+]2(N)O[N+]3(N)ON4O[N+](N)(O[N+](N)(OC)O3)O[N+](N)(O1)O[N+](N)(O4)O2. The third-order valence-corrected chi connectivity index (χ3v) is 3.64. The molecule has 0 aromatic heterocycles. The van der Waals surface area contributed by atoms with Crippen LogP contribution in [0.5, 0.6) is 0 Å². The van der Waals surface area contributed by atoms with Gasteiger partial charge in [0, 0.05) is 15.4 Å². The van der Waals surface area contributed by atoms with Gasteiger partial charge in [-0.3, -0.25) is 0 Å². The minimum absolute atomic E-state index is 0.0103. The second-order valence-corrected chi connectivity index (χ2v) is 6.87. The van der Waals surface area contributed by atoms with Gasteiger partial charge in [0.2, 0.25) is 0 Å². The standard InChI is InChI=1S/C8H26N14O14/c1-7(2)8(23)25-6-4-5-15-26-18(10)33-20(12)28-16-29-21(13,32-17(9,24-3)31-20)34-19(11,27-15)36-22(14,30-16)35-18/h1,4-6,9-14H2,2-3H3/q+6. The minimum Gasteiger partial charge on any atom is -0.462 e. The number of esters is 1. The molecule has 4 aliphatic rings. The van der Waals surface area contributed by atoms with Crippen LogP contribution >= 0.6 is 0 Å². The van der Waals surface area contributed by atoms with Crippen molar-refractivity contribution in [2.24, 2.45) is 35.1 Å². The van der Waals surface area contributed by atoms with Crippen molar-refractivity contribution in [1.29, 1.82) is 0 Å². The normalized spacial score (nSPS) is 47.2. The van der Waals surface area contributed by atoms with Crippen LogP contribution in [-0.2, 0) is 68.7 Å². The molecule has 4 heterocycles. The van der Waals surface area contributed by atoms with Gasteiger partial charge in [-0.1, -0.05) is 41.6 Å². The Kier molecular flexibility index (Phi) is 6.71. The zero-order valence-electron chi connectivity index (χ0n) is 18.6. The maximum Gasteiger partial charge on any atom is 0.333 e. The predicted molar refractivity (Wildman–Crippen MR) is 84.6 cm³/mol. The van der Waals surface area contributed by atoms with Crippen LogP contribution in [0, 0.1) is 0 Å². The second kappa shape index (κ2) is 8.88. The fourth-order valence-corrected chi connectivity index (χ4v) is 2.41. The Bertz CT molecular complexity index is 860. The summed E-state index contributed by atoms with van der Waals surface area (Å²) in [6.45, 7) is 4.39. The Balaban J connectivity index is 1.68. The van der Waals surface area contributed by atoms with Crippen molar-refractivity contribution < 1.29 is 99.2 Å². The van der Waals surface area contributed by atoms with Crippen molar-refractivity contribution in [2.75, 3.05) is 20.3 Å². The molecule has 36 heavy (non-hydrogen) atoms. The number of rotatable bonds is 6. The second-order valence-electron chi connectivity index (χ2n) is 6.87. The summed E-state index contributed by atoms with van der Waals surface area (Å²) in [5, 5.41) is -12.7. The number of hydroxylamine groups is 2. The molecular formula is C8H26N14O14+6. The van der Waals surface area contributed by atoms with Crippen molar-refractivity contribution in [3.05, 3.63) is 12.2 Å². The Morgan fingerprint density at radius 1 is 0.778 bits per heavy atom. The van der Waals surface area contributed by atoms with Gasteiger partial charge in [-0.05, 0) is 13.3 Å². The Hall–Kier alpha value is -1.83. The zero-order chi connectivity index (χ0) is 26.6. The van der Waals surface area contributed by atoms with Gasteiger partial charge in [0.05, 0.1) is 33.2 Å². The average Bonchev–Trinajstić information content (AvgIpc) is 2.64. The molecule has 0 saturated carbocycles. The third-order valence-electron chi connectivity index (χ3n) is 3.64. The lowest BCUT2D eigenvalue weighted by atomic mass is 10.4. The molecule has 28 heteroatoms. The van der Waals surface area contributed by atoms with E-state index in [1.165, 1.54) is 6.92 Å². The summed E-state index contributed by atoms with van der Waals surface area (Å²) in [5.41, 5.74) is 0.164. The fourth-order valence-electron chi connectivity index (χ4n) is 2.41. The number of quaternary nitrogens is 6. The van der Waals surface area contributed by atoms with Crippen LogP contribution in [0.3, 0.4) is 0 Å². The zero-order valence-corrected chi connectivity index (χ0v) is 18.6. The average molecular weight is 542 g/mol. The molecule has 4 rings (SSSR count). The fraction of sp³-hybridized carbons (Fsp3) is 0.625. The van der Waals surface area contributed by atoms with Crippen LogP contribution in [0.25, 0.3) is 0 Å². The molecule has 0 amide bonds. The molecule has 4 atom stereocenters. The van der Waals surface area contributed by atoms with Crippen LogP contribution in [0.4, 0.5) is 0 Å². The lowest BCUT2D eigenvalue weighted by Gasteiger charge is -2.38. The topological polar surface area (TPSA) is 300 Å². The molecule has 0 aliphatic carbocycles. The first-order valence-electron chi connectivity index (χ1n) is 9.27. The summed E-state index contributed by atoms with van der Waals surface area (Å²) in [6.07, 6.45) is -0.0103. The molecule has 0 aromatic carbocycles. The molecule has 0 spiro atoms. The van der Waals surface area contributed by atoms with Crippen molar-refractivity contribution in [3.63, 3.8) is 0 Å².